The van der Waals surface area contributed by atoms with Crippen molar-refractivity contribution in [3.05, 3.63) is 72.1 Å². The average molecular weight is 273 g/mol. The Morgan fingerprint density at radius 3 is 2.42 bits per heavy atom. The maximum Gasteiger partial charge on any atom is 0.227 e. The fourth-order valence-electron chi connectivity index (χ4n) is 1.79. The number of para-hydroxylation sites is 1. The molecule has 0 aliphatic carbocycles. The number of hydrogen-bond acceptors (Lipinski definition) is 1. The van der Waals surface area contributed by atoms with Crippen molar-refractivity contribution < 1.29 is 4.79 Å². The molecule has 1 radical (unpaired) electrons. The first-order chi connectivity index (χ1) is 9.16. The molecule has 2 aromatic rings. The van der Waals surface area contributed by atoms with E-state index in [1.807, 2.05) is 42.5 Å². The maximum absolute atomic E-state index is 12.0. The maximum atomic E-state index is 12.0. The Labute approximate surface area is 118 Å². The molecule has 1 atom stereocenters. The summed E-state index contributed by atoms with van der Waals surface area (Å²) in [6, 6.07) is 17.0. The number of halogens is 1. The Morgan fingerprint density at radius 1 is 1.11 bits per heavy atom. The van der Waals surface area contributed by atoms with Gasteiger partial charge in [0.15, 0.2) is 0 Å². The van der Waals surface area contributed by atoms with Crippen LogP contribution in [0.25, 0.3) is 0 Å². The molecule has 1 N–H and O–H groups in total. The van der Waals surface area contributed by atoms with Gasteiger partial charge in [0.25, 0.3) is 0 Å². The molecule has 2 rings (SSSR count). The predicted octanol–water partition coefficient (Wildman–Crippen LogP) is 3.97. The van der Waals surface area contributed by atoms with Gasteiger partial charge in [-0.15, -0.1) is 0 Å². The van der Waals surface area contributed by atoms with Gasteiger partial charge in [-0.1, -0.05) is 54.1 Å². The molecular formula is C16H15ClNO. The van der Waals surface area contributed by atoms with Gasteiger partial charge in [0, 0.05) is 5.92 Å². The lowest BCUT2D eigenvalue weighted by atomic mass is 10.0. The Kier molecular flexibility index (Phi) is 4.58. The van der Waals surface area contributed by atoms with Crippen LogP contribution in [0.3, 0.4) is 0 Å². The standard InChI is InChI=1S/C16H15ClNO/c1-12(11-13-7-3-2-4-8-13)16(19)18-15-10-6-5-9-14(15)17/h2-10,12H,1,11H2,(H,18,19)/t12-/m0/s1. The normalized spacial score (nSPS) is 11.9. The van der Waals surface area contributed by atoms with Crippen molar-refractivity contribution in [2.45, 2.75) is 6.42 Å². The lowest BCUT2D eigenvalue weighted by molar-refractivity contribution is -0.118. The van der Waals surface area contributed by atoms with E-state index >= 15 is 0 Å². The SMILES string of the molecule is [CH2][C@@H](Cc1ccccc1)C(=O)Nc1ccccc1Cl. The molecule has 0 aliphatic heterocycles. The van der Waals surface area contributed by atoms with Crippen molar-refractivity contribution in [2.24, 2.45) is 5.92 Å². The molecule has 1 amide bonds. The quantitative estimate of drug-likeness (QED) is 0.896. The molecule has 0 aromatic heterocycles. The number of amides is 1. The monoisotopic (exact) mass is 272 g/mol. The fraction of sp³-hybridized carbons (Fsp3) is 0.125. The van der Waals surface area contributed by atoms with Crippen molar-refractivity contribution in [2.75, 3.05) is 5.32 Å². The number of nitrogens with one attached hydrogen (secondary N) is 1. The molecule has 0 spiro atoms. The average Bonchev–Trinajstić information content (AvgIpc) is 2.42. The van der Waals surface area contributed by atoms with Crippen LogP contribution < -0.4 is 5.32 Å². The molecule has 2 aromatic carbocycles. The highest BCUT2D eigenvalue weighted by atomic mass is 35.5. The van der Waals surface area contributed by atoms with E-state index in [0.717, 1.165) is 5.56 Å². The lowest BCUT2D eigenvalue weighted by Crippen LogP contribution is -2.22. The third-order valence-corrected chi connectivity index (χ3v) is 3.16. The summed E-state index contributed by atoms with van der Waals surface area (Å²) in [4.78, 5) is 12.0. The first-order valence-corrected chi connectivity index (χ1v) is 6.47. The van der Waals surface area contributed by atoms with E-state index < -0.39 is 0 Å². The van der Waals surface area contributed by atoms with Crippen LogP contribution in [0.15, 0.2) is 54.6 Å². The van der Waals surface area contributed by atoms with Gasteiger partial charge in [-0.05, 0) is 31.0 Å². The summed E-state index contributed by atoms with van der Waals surface area (Å²) in [6.07, 6.45) is 0.608. The summed E-state index contributed by atoms with van der Waals surface area (Å²) in [5, 5.41) is 3.33. The smallest absolute Gasteiger partial charge is 0.227 e. The second kappa shape index (κ2) is 6.39. The summed E-state index contributed by atoms with van der Waals surface area (Å²) in [7, 11) is 0. The van der Waals surface area contributed by atoms with Gasteiger partial charge in [-0.3, -0.25) is 4.79 Å². The highest BCUT2D eigenvalue weighted by Gasteiger charge is 2.14. The van der Waals surface area contributed by atoms with Crippen molar-refractivity contribution in [3.63, 3.8) is 0 Å². The van der Waals surface area contributed by atoms with E-state index in [1.165, 1.54) is 0 Å². The zero-order chi connectivity index (χ0) is 13.7. The first-order valence-electron chi connectivity index (χ1n) is 6.09. The van der Waals surface area contributed by atoms with Crippen LogP contribution in [-0.4, -0.2) is 5.91 Å². The zero-order valence-electron chi connectivity index (χ0n) is 10.5. The van der Waals surface area contributed by atoms with Crippen LogP contribution >= 0.6 is 11.6 Å². The molecule has 3 heteroatoms. The minimum Gasteiger partial charge on any atom is -0.325 e. The Morgan fingerprint density at radius 2 is 1.74 bits per heavy atom. The lowest BCUT2D eigenvalue weighted by Gasteiger charge is -2.13. The van der Waals surface area contributed by atoms with Gasteiger partial charge in [0.05, 0.1) is 10.7 Å². The van der Waals surface area contributed by atoms with Crippen LogP contribution in [0.2, 0.25) is 5.02 Å². The topological polar surface area (TPSA) is 29.1 Å². The van der Waals surface area contributed by atoms with Crippen molar-refractivity contribution in [1.82, 2.24) is 0 Å². The van der Waals surface area contributed by atoms with Crippen molar-refractivity contribution in [3.8, 4) is 0 Å². The molecule has 0 heterocycles. The minimum atomic E-state index is -0.348. The molecule has 19 heavy (non-hydrogen) atoms. The first kappa shape index (κ1) is 13.6. The van der Waals surface area contributed by atoms with Gasteiger partial charge >= 0.3 is 0 Å². The van der Waals surface area contributed by atoms with Gasteiger partial charge in [-0.2, -0.15) is 0 Å². The number of carbonyl (C=O) groups is 1. The number of anilines is 1. The molecule has 0 bridgehead atoms. The van der Waals surface area contributed by atoms with Gasteiger partial charge in [0.1, 0.15) is 0 Å². The van der Waals surface area contributed by atoms with E-state index in [-0.39, 0.29) is 11.8 Å². The Bertz CT molecular complexity index is 554. The summed E-state index contributed by atoms with van der Waals surface area (Å²) in [5.41, 5.74) is 1.72. The number of rotatable bonds is 4. The summed E-state index contributed by atoms with van der Waals surface area (Å²) < 4.78 is 0. The van der Waals surface area contributed by atoms with Crippen molar-refractivity contribution in [1.29, 1.82) is 0 Å². The van der Waals surface area contributed by atoms with Gasteiger partial charge < -0.3 is 5.32 Å². The third kappa shape index (κ3) is 3.83. The molecule has 97 valence electrons. The van der Waals surface area contributed by atoms with Crippen LogP contribution in [0, 0.1) is 12.8 Å². The van der Waals surface area contributed by atoms with E-state index in [4.69, 9.17) is 11.6 Å². The zero-order valence-corrected chi connectivity index (χ0v) is 11.2. The van der Waals surface area contributed by atoms with Gasteiger partial charge in [0.2, 0.25) is 5.91 Å². The predicted molar refractivity (Wildman–Crippen MR) is 79.1 cm³/mol. The number of benzene rings is 2. The Hall–Kier alpha value is -1.80. The third-order valence-electron chi connectivity index (χ3n) is 2.83. The second-order valence-electron chi connectivity index (χ2n) is 4.36. The molecule has 2 nitrogen and oxygen atoms in total. The van der Waals surface area contributed by atoms with Crippen molar-refractivity contribution >= 4 is 23.2 Å². The molecule has 0 saturated carbocycles. The second-order valence-corrected chi connectivity index (χ2v) is 4.76. The van der Waals surface area contributed by atoms with Crippen LogP contribution in [0.1, 0.15) is 5.56 Å². The Balaban J connectivity index is 1.99. The summed E-state index contributed by atoms with van der Waals surface area (Å²) in [6.45, 7) is 3.90. The van der Waals surface area contributed by atoms with E-state index in [2.05, 4.69) is 12.2 Å². The molecule has 0 fully saturated rings. The van der Waals surface area contributed by atoms with E-state index in [0.29, 0.717) is 17.1 Å². The van der Waals surface area contributed by atoms with Crippen LogP contribution in [0.5, 0.6) is 0 Å². The molecular weight excluding hydrogens is 258 g/mol. The number of carbonyl (C=O) groups excluding carboxylic acids is 1. The van der Waals surface area contributed by atoms with Crippen LogP contribution in [0.4, 0.5) is 5.69 Å². The number of hydrogen-bond donors (Lipinski definition) is 1. The largest absolute Gasteiger partial charge is 0.325 e. The van der Waals surface area contributed by atoms with E-state index in [1.54, 1.807) is 12.1 Å². The van der Waals surface area contributed by atoms with E-state index in [9.17, 15) is 4.79 Å². The fourth-order valence-corrected chi connectivity index (χ4v) is 1.97. The highest BCUT2D eigenvalue weighted by molar-refractivity contribution is 6.33. The molecule has 0 unspecified atom stereocenters. The molecule has 0 saturated heterocycles. The summed E-state index contributed by atoms with van der Waals surface area (Å²) >= 11 is 6.00. The van der Waals surface area contributed by atoms with Crippen LogP contribution in [-0.2, 0) is 11.2 Å². The summed E-state index contributed by atoms with van der Waals surface area (Å²) in [5.74, 6) is -0.476. The minimum absolute atomic E-state index is 0.128. The highest BCUT2D eigenvalue weighted by Crippen LogP contribution is 2.21. The molecule has 0 aliphatic rings. The van der Waals surface area contributed by atoms with Gasteiger partial charge in [-0.25, -0.2) is 0 Å².